The van der Waals surface area contributed by atoms with Crippen LogP contribution in [0.4, 0.5) is 0 Å². The molecule has 1 saturated heterocycles. The maximum Gasteiger partial charge on any atom is 0.345 e. The van der Waals surface area contributed by atoms with Gasteiger partial charge in [-0.1, -0.05) is 0 Å². The molecule has 0 amide bonds. The lowest BCUT2D eigenvalue weighted by Gasteiger charge is -2.44. The fourth-order valence-electron chi connectivity index (χ4n) is 4.17. The predicted molar refractivity (Wildman–Crippen MR) is 131 cm³/mol. The van der Waals surface area contributed by atoms with Gasteiger partial charge < -0.3 is 37.6 Å². The minimum absolute atomic E-state index is 0.139. The van der Waals surface area contributed by atoms with Crippen molar-refractivity contribution in [1.29, 1.82) is 0 Å². The first-order valence-corrected chi connectivity index (χ1v) is 11.9. The number of hydrogen-bond donors (Lipinski definition) is 0. The van der Waals surface area contributed by atoms with Gasteiger partial charge in [0.1, 0.15) is 24.0 Å². The Kier molecular flexibility index (Phi) is 9.47. The minimum atomic E-state index is -1.63. The summed E-state index contributed by atoms with van der Waals surface area (Å²) in [4.78, 5) is 72.5. The highest BCUT2D eigenvalue weighted by molar-refractivity contribution is 6.05. The highest BCUT2D eigenvalue weighted by Crippen LogP contribution is 2.35. The molecule has 5 atom stereocenters. The van der Waals surface area contributed by atoms with Crippen LogP contribution >= 0.6 is 0 Å². The topological polar surface area (TPSA) is 180 Å². The lowest BCUT2D eigenvalue weighted by Crippen LogP contribution is -2.63. The summed E-state index contributed by atoms with van der Waals surface area (Å²) in [7, 11) is 1.10. The van der Waals surface area contributed by atoms with Gasteiger partial charge in [0.25, 0.3) is 0 Å². The molecule has 1 aromatic carbocycles. The lowest BCUT2D eigenvalue weighted by molar-refractivity contribution is -0.288. The van der Waals surface area contributed by atoms with Crippen LogP contribution in [0.5, 0.6) is 5.75 Å². The van der Waals surface area contributed by atoms with Crippen LogP contribution in [0.15, 0.2) is 27.4 Å². The van der Waals surface area contributed by atoms with Gasteiger partial charge in [-0.3, -0.25) is 19.2 Å². The third-order valence-electron chi connectivity index (χ3n) is 5.66. The van der Waals surface area contributed by atoms with Crippen molar-refractivity contribution in [2.45, 2.75) is 65.3 Å². The molecule has 216 valence electrons. The standard InChI is InChI=1S/C26H28O14/c1-11-9-19(31)40-21-16(11)7-8-17(20(21)25(32)33-6)38-26-24(37-15(5)30)23(36-14(4)29)22(35-13(3)28)18(39-26)10-34-12(2)27/h7-9,18,22-24,26H,10H2,1-6H3/t18-,22+,23+,24-,26-/m1/s1. The molecule has 40 heavy (non-hydrogen) atoms. The maximum atomic E-state index is 12.8. The van der Waals surface area contributed by atoms with E-state index in [4.69, 9.17) is 37.6 Å². The first kappa shape index (κ1) is 30.1. The number of fused-ring (bicyclic) bond motifs is 1. The molecule has 0 spiro atoms. The molecule has 0 bridgehead atoms. The van der Waals surface area contributed by atoms with Gasteiger partial charge in [0.2, 0.25) is 12.4 Å². The second kappa shape index (κ2) is 12.6. The van der Waals surface area contributed by atoms with Crippen molar-refractivity contribution >= 4 is 40.8 Å². The van der Waals surface area contributed by atoms with E-state index < -0.39 is 72.8 Å². The molecule has 1 aromatic heterocycles. The molecule has 0 unspecified atom stereocenters. The number of benzene rings is 1. The van der Waals surface area contributed by atoms with Gasteiger partial charge in [-0.05, 0) is 24.6 Å². The molecule has 0 saturated carbocycles. The van der Waals surface area contributed by atoms with Gasteiger partial charge in [0.15, 0.2) is 17.8 Å². The van der Waals surface area contributed by atoms with E-state index in [0.717, 1.165) is 34.8 Å². The second-order valence-electron chi connectivity index (χ2n) is 8.74. The van der Waals surface area contributed by atoms with Crippen molar-refractivity contribution in [3.8, 4) is 5.75 Å². The number of carbonyl (C=O) groups excluding carboxylic acids is 5. The maximum absolute atomic E-state index is 12.8. The van der Waals surface area contributed by atoms with Crippen LogP contribution in [0.1, 0.15) is 43.6 Å². The molecule has 2 aromatic rings. The highest BCUT2D eigenvalue weighted by atomic mass is 16.7. The Labute approximate surface area is 227 Å². The average molecular weight is 564 g/mol. The summed E-state index contributed by atoms with van der Waals surface area (Å²) in [6, 6.07) is 4.12. The Balaban J connectivity index is 2.17. The molecule has 0 radical (unpaired) electrons. The Bertz CT molecular complexity index is 1380. The number of carbonyl (C=O) groups is 5. The number of methoxy groups -OCH3 is 1. The van der Waals surface area contributed by atoms with Crippen LogP contribution in [0.25, 0.3) is 11.0 Å². The zero-order chi connectivity index (χ0) is 29.7. The summed E-state index contributed by atoms with van der Waals surface area (Å²) in [5, 5.41) is 0.411. The van der Waals surface area contributed by atoms with Gasteiger partial charge in [-0.25, -0.2) is 9.59 Å². The van der Waals surface area contributed by atoms with Crippen molar-refractivity contribution in [2.75, 3.05) is 13.7 Å². The van der Waals surface area contributed by atoms with Crippen molar-refractivity contribution in [3.63, 3.8) is 0 Å². The first-order valence-electron chi connectivity index (χ1n) is 11.9. The Morgan fingerprint density at radius 1 is 0.850 bits per heavy atom. The summed E-state index contributed by atoms with van der Waals surface area (Å²) in [6.07, 6.45) is -7.35. The SMILES string of the molecule is COC(=O)c1c(O[C@@H]2O[C@H](COC(C)=O)[C@H](OC(C)=O)[C@H](OC(C)=O)[C@H]2OC(C)=O)ccc2c(C)cc(=O)oc12. The summed E-state index contributed by atoms with van der Waals surface area (Å²) in [5.41, 5.74) is -0.650. The van der Waals surface area contributed by atoms with Crippen LogP contribution in [0.3, 0.4) is 0 Å². The zero-order valence-electron chi connectivity index (χ0n) is 22.5. The van der Waals surface area contributed by atoms with Crippen molar-refractivity contribution in [3.05, 3.63) is 39.7 Å². The van der Waals surface area contributed by atoms with Crippen LogP contribution in [0, 0.1) is 6.92 Å². The number of hydrogen-bond acceptors (Lipinski definition) is 14. The van der Waals surface area contributed by atoms with E-state index in [2.05, 4.69) is 0 Å². The average Bonchev–Trinajstić information content (AvgIpc) is 2.84. The Morgan fingerprint density at radius 3 is 2.02 bits per heavy atom. The molecule has 2 heterocycles. The van der Waals surface area contributed by atoms with E-state index in [1.165, 1.54) is 18.2 Å². The Hall–Kier alpha value is -4.46. The minimum Gasteiger partial charge on any atom is -0.465 e. The zero-order valence-corrected chi connectivity index (χ0v) is 22.5. The van der Waals surface area contributed by atoms with Gasteiger partial charge in [-0.15, -0.1) is 0 Å². The molecule has 0 N–H and O–H groups in total. The predicted octanol–water partition coefficient (Wildman–Crippen LogP) is 1.35. The largest absolute Gasteiger partial charge is 0.465 e. The number of esters is 5. The quantitative estimate of drug-likeness (QED) is 0.255. The van der Waals surface area contributed by atoms with Crippen LogP contribution < -0.4 is 10.4 Å². The van der Waals surface area contributed by atoms with Crippen LogP contribution in [-0.4, -0.2) is 74.3 Å². The third kappa shape index (κ3) is 6.94. The van der Waals surface area contributed by atoms with Crippen LogP contribution in [0.2, 0.25) is 0 Å². The molecule has 0 aliphatic carbocycles. The third-order valence-corrected chi connectivity index (χ3v) is 5.66. The van der Waals surface area contributed by atoms with Crippen molar-refractivity contribution < 1.29 is 61.5 Å². The van der Waals surface area contributed by atoms with E-state index in [0.29, 0.717) is 10.9 Å². The van der Waals surface area contributed by atoms with E-state index in [-0.39, 0.29) is 16.9 Å². The smallest absolute Gasteiger partial charge is 0.345 e. The van der Waals surface area contributed by atoms with Crippen molar-refractivity contribution in [2.24, 2.45) is 0 Å². The number of ether oxygens (including phenoxy) is 7. The molecular formula is C26H28O14. The van der Waals surface area contributed by atoms with Crippen LogP contribution in [-0.2, 0) is 47.6 Å². The molecule has 14 heteroatoms. The fourth-order valence-corrected chi connectivity index (χ4v) is 4.17. The molecule has 14 nitrogen and oxygen atoms in total. The van der Waals surface area contributed by atoms with Crippen molar-refractivity contribution in [1.82, 2.24) is 0 Å². The number of aryl methyl sites for hydroxylation is 1. The van der Waals surface area contributed by atoms with E-state index in [1.54, 1.807) is 6.92 Å². The van der Waals surface area contributed by atoms with Gasteiger partial charge >= 0.3 is 35.5 Å². The molecule has 1 fully saturated rings. The van der Waals surface area contributed by atoms with Gasteiger partial charge in [0.05, 0.1) is 7.11 Å². The summed E-state index contributed by atoms with van der Waals surface area (Å²) < 4.78 is 43.2. The number of rotatable bonds is 8. The molecule has 1 aliphatic heterocycles. The van der Waals surface area contributed by atoms with Gasteiger partial charge in [0, 0.05) is 39.1 Å². The molecule has 3 rings (SSSR count). The first-order chi connectivity index (χ1) is 18.8. The summed E-state index contributed by atoms with van der Waals surface area (Å²) in [5.74, 6) is -4.31. The van der Waals surface area contributed by atoms with E-state index in [1.807, 2.05) is 0 Å². The van der Waals surface area contributed by atoms with E-state index in [9.17, 15) is 28.8 Å². The Morgan fingerprint density at radius 2 is 1.45 bits per heavy atom. The molecule has 1 aliphatic rings. The summed E-state index contributed by atoms with van der Waals surface area (Å²) >= 11 is 0. The van der Waals surface area contributed by atoms with E-state index >= 15 is 0 Å². The van der Waals surface area contributed by atoms with Gasteiger partial charge in [-0.2, -0.15) is 0 Å². The molecular weight excluding hydrogens is 536 g/mol. The monoisotopic (exact) mass is 564 g/mol. The lowest BCUT2D eigenvalue weighted by atomic mass is 9.98. The normalized spacial score (nSPS) is 22.1. The second-order valence-corrected chi connectivity index (χ2v) is 8.74. The fraction of sp³-hybridized carbons (Fsp3) is 0.462. The summed E-state index contributed by atoms with van der Waals surface area (Å²) in [6.45, 7) is 5.53. The highest BCUT2D eigenvalue weighted by Gasteiger charge is 2.53.